The highest BCUT2D eigenvalue weighted by Crippen LogP contribution is 2.16. The van der Waals surface area contributed by atoms with Crippen LogP contribution < -0.4 is 10.5 Å². The van der Waals surface area contributed by atoms with Gasteiger partial charge in [0.1, 0.15) is 12.4 Å². The third-order valence-electron chi connectivity index (χ3n) is 2.18. The lowest BCUT2D eigenvalue weighted by Crippen LogP contribution is -2.02. The molecule has 1 heterocycles. The zero-order valence-corrected chi connectivity index (χ0v) is 9.05. The van der Waals surface area contributed by atoms with Gasteiger partial charge in [-0.15, -0.1) is 0 Å². The number of ether oxygens (including phenoxy) is 1. The molecule has 0 atom stereocenters. The van der Waals surface area contributed by atoms with Crippen LogP contribution in [0.5, 0.6) is 5.75 Å². The van der Waals surface area contributed by atoms with Crippen LogP contribution in [0.15, 0.2) is 36.7 Å². The molecule has 0 spiro atoms. The average Bonchev–Trinajstić information content (AvgIpc) is 2.30. The maximum atomic E-state index is 5.60. The lowest BCUT2D eigenvalue weighted by Gasteiger charge is -2.07. The Bertz CT molecular complexity index is 468. The van der Waals surface area contributed by atoms with E-state index in [1.165, 1.54) is 0 Å². The van der Waals surface area contributed by atoms with Gasteiger partial charge in [0.05, 0.1) is 18.1 Å². The van der Waals surface area contributed by atoms with Gasteiger partial charge in [-0.3, -0.25) is 0 Å². The Labute approximate surface area is 94.1 Å². The Kier molecular flexibility index (Phi) is 3.00. The van der Waals surface area contributed by atoms with Crippen molar-refractivity contribution in [3.05, 3.63) is 48.0 Å². The van der Waals surface area contributed by atoms with Gasteiger partial charge in [0, 0.05) is 0 Å². The van der Waals surface area contributed by atoms with Gasteiger partial charge in [0.2, 0.25) is 0 Å². The summed E-state index contributed by atoms with van der Waals surface area (Å²) in [5.41, 5.74) is 7.14. The standard InChI is InChI=1S/C12H13N3O/c1-9-4-2-3-5-11(9)16-8-12-14-6-10(13)7-15-12/h2-7H,8,13H2,1H3. The molecule has 0 bridgehead atoms. The van der Waals surface area contributed by atoms with Gasteiger partial charge >= 0.3 is 0 Å². The summed E-state index contributed by atoms with van der Waals surface area (Å²) in [6.45, 7) is 2.35. The fourth-order valence-corrected chi connectivity index (χ4v) is 1.30. The summed E-state index contributed by atoms with van der Waals surface area (Å²) < 4.78 is 5.60. The average molecular weight is 215 g/mol. The van der Waals surface area contributed by atoms with E-state index in [0.29, 0.717) is 18.1 Å². The van der Waals surface area contributed by atoms with E-state index in [1.54, 1.807) is 12.4 Å². The predicted octanol–water partition coefficient (Wildman–Crippen LogP) is 1.95. The Hall–Kier alpha value is -2.10. The molecule has 16 heavy (non-hydrogen) atoms. The number of hydrogen-bond acceptors (Lipinski definition) is 4. The number of anilines is 1. The van der Waals surface area contributed by atoms with E-state index in [2.05, 4.69) is 9.97 Å². The second-order valence-electron chi connectivity index (χ2n) is 3.49. The molecule has 0 fully saturated rings. The summed E-state index contributed by atoms with van der Waals surface area (Å²) in [6.07, 6.45) is 3.15. The highest BCUT2D eigenvalue weighted by atomic mass is 16.5. The van der Waals surface area contributed by atoms with E-state index in [4.69, 9.17) is 10.5 Å². The van der Waals surface area contributed by atoms with E-state index in [1.807, 2.05) is 31.2 Å². The maximum absolute atomic E-state index is 5.60. The van der Waals surface area contributed by atoms with Crippen LogP contribution in [0.1, 0.15) is 11.4 Å². The number of para-hydroxylation sites is 1. The number of nitrogens with two attached hydrogens (primary N) is 1. The summed E-state index contributed by atoms with van der Waals surface area (Å²) in [5, 5.41) is 0. The summed E-state index contributed by atoms with van der Waals surface area (Å²) in [6, 6.07) is 7.83. The number of aryl methyl sites for hydroxylation is 1. The lowest BCUT2D eigenvalue weighted by atomic mass is 10.2. The van der Waals surface area contributed by atoms with Gasteiger partial charge in [0.15, 0.2) is 5.82 Å². The summed E-state index contributed by atoms with van der Waals surface area (Å²) >= 11 is 0. The first-order valence-electron chi connectivity index (χ1n) is 5.00. The molecule has 0 saturated heterocycles. The quantitative estimate of drug-likeness (QED) is 0.850. The van der Waals surface area contributed by atoms with Crippen molar-refractivity contribution in [2.75, 3.05) is 5.73 Å². The molecule has 4 nitrogen and oxygen atoms in total. The Morgan fingerprint density at radius 1 is 1.19 bits per heavy atom. The number of nitrogen functional groups attached to an aromatic ring is 1. The molecular formula is C12H13N3O. The van der Waals surface area contributed by atoms with Crippen LogP contribution in [-0.4, -0.2) is 9.97 Å². The minimum atomic E-state index is 0.352. The Morgan fingerprint density at radius 3 is 2.56 bits per heavy atom. The zero-order valence-electron chi connectivity index (χ0n) is 9.05. The minimum Gasteiger partial charge on any atom is -0.485 e. The fourth-order valence-electron chi connectivity index (χ4n) is 1.30. The molecule has 1 aromatic heterocycles. The van der Waals surface area contributed by atoms with Crippen LogP contribution in [0.4, 0.5) is 5.69 Å². The van der Waals surface area contributed by atoms with Crippen molar-refractivity contribution < 1.29 is 4.74 Å². The molecule has 82 valence electrons. The van der Waals surface area contributed by atoms with Crippen LogP contribution in [-0.2, 0) is 6.61 Å². The van der Waals surface area contributed by atoms with E-state index < -0.39 is 0 Å². The predicted molar refractivity (Wildman–Crippen MR) is 62.0 cm³/mol. The van der Waals surface area contributed by atoms with Gasteiger partial charge in [-0.1, -0.05) is 18.2 Å². The van der Waals surface area contributed by atoms with Crippen molar-refractivity contribution in [1.29, 1.82) is 0 Å². The summed E-state index contributed by atoms with van der Waals surface area (Å²) in [5.74, 6) is 1.47. The Morgan fingerprint density at radius 2 is 1.88 bits per heavy atom. The second-order valence-corrected chi connectivity index (χ2v) is 3.49. The number of hydrogen-bond donors (Lipinski definition) is 1. The second kappa shape index (κ2) is 4.61. The molecular weight excluding hydrogens is 202 g/mol. The van der Waals surface area contributed by atoms with Crippen molar-refractivity contribution in [3.63, 3.8) is 0 Å². The smallest absolute Gasteiger partial charge is 0.166 e. The van der Waals surface area contributed by atoms with Gasteiger partial charge in [-0.25, -0.2) is 9.97 Å². The lowest BCUT2D eigenvalue weighted by molar-refractivity contribution is 0.294. The van der Waals surface area contributed by atoms with Crippen molar-refractivity contribution in [3.8, 4) is 5.75 Å². The van der Waals surface area contributed by atoms with Gasteiger partial charge in [-0.05, 0) is 18.6 Å². The molecule has 0 saturated carbocycles. The van der Waals surface area contributed by atoms with E-state index in [-0.39, 0.29) is 0 Å². The number of rotatable bonds is 3. The van der Waals surface area contributed by atoms with Gasteiger partial charge in [-0.2, -0.15) is 0 Å². The highest BCUT2D eigenvalue weighted by molar-refractivity contribution is 5.32. The third kappa shape index (κ3) is 2.48. The number of nitrogens with zero attached hydrogens (tertiary/aromatic N) is 2. The van der Waals surface area contributed by atoms with Crippen molar-refractivity contribution in [2.24, 2.45) is 0 Å². The first kappa shape index (κ1) is 10.4. The number of benzene rings is 1. The van der Waals surface area contributed by atoms with Crippen LogP contribution in [0.3, 0.4) is 0 Å². The topological polar surface area (TPSA) is 61.0 Å². The SMILES string of the molecule is Cc1ccccc1OCc1ncc(N)cn1. The highest BCUT2D eigenvalue weighted by Gasteiger charge is 2.00. The third-order valence-corrected chi connectivity index (χ3v) is 2.18. The maximum Gasteiger partial charge on any atom is 0.166 e. The zero-order chi connectivity index (χ0) is 11.4. The van der Waals surface area contributed by atoms with Crippen LogP contribution in [0.25, 0.3) is 0 Å². The molecule has 1 aromatic carbocycles. The minimum absolute atomic E-state index is 0.352. The van der Waals surface area contributed by atoms with Crippen molar-refractivity contribution in [2.45, 2.75) is 13.5 Å². The van der Waals surface area contributed by atoms with E-state index >= 15 is 0 Å². The molecule has 0 unspecified atom stereocenters. The molecule has 4 heteroatoms. The molecule has 0 radical (unpaired) electrons. The normalized spacial score (nSPS) is 10.1. The first-order valence-corrected chi connectivity index (χ1v) is 5.00. The van der Waals surface area contributed by atoms with Gasteiger partial charge < -0.3 is 10.5 Å². The monoisotopic (exact) mass is 215 g/mol. The first-order chi connectivity index (χ1) is 7.75. The molecule has 0 amide bonds. The van der Waals surface area contributed by atoms with E-state index in [9.17, 15) is 0 Å². The summed E-state index contributed by atoms with van der Waals surface area (Å²) in [7, 11) is 0. The van der Waals surface area contributed by atoms with Crippen LogP contribution in [0.2, 0.25) is 0 Å². The van der Waals surface area contributed by atoms with Crippen molar-refractivity contribution >= 4 is 5.69 Å². The molecule has 2 N–H and O–H groups in total. The fraction of sp³-hybridized carbons (Fsp3) is 0.167. The Balaban J connectivity index is 2.02. The van der Waals surface area contributed by atoms with E-state index in [0.717, 1.165) is 11.3 Å². The van der Waals surface area contributed by atoms with Crippen molar-refractivity contribution in [1.82, 2.24) is 9.97 Å². The van der Waals surface area contributed by atoms with Crippen LogP contribution >= 0.6 is 0 Å². The molecule has 0 aliphatic rings. The molecule has 2 aromatic rings. The molecule has 0 aliphatic carbocycles. The van der Waals surface area contributed by atoms with Gasteiger partial charge in [0.25, 0.3) is 0 Å². The molecule has 2 rings (SSSR count). The largest absolute Gasteiger partial charge is 0.485 e. The van der Waals surface area contributed by atoms with Crippen LogP contribution in [0, 0.1) is 6.92 Å². The molecule has 0 aliphatic heterocycles. The number of aromatic nitrogens is 2. The summed E-state index contributed by atoms with van der Waals surface area (Å²) in [4.78, 5) is 8.12.